The average Bonchev–Trinajstić information content (AvgIpc) is 3.25. The maximum atomic E-state index is 12.6. The zero-order chi connectivity index (χ0) is 15.6. The van der Waals surface area contributed by atoms with Crippen molar-refractivity contribution in [1.82, 2.24) is 14.8 Å². The van der Waals surface area contributed by atoms with Crippen LogP contribution in [0.25, 0.3) is 9.88 Å². The first-order valence-electron chi connectivity index (χ1n) is 8.30. The molecule has 2 fully saturated rings. The minimum absolute atomic E-state index is 0.234. The molecule has 23 heavy (non-hydrogen) atoms. The summed E-state index contributed by atoms with van der Waals surface area (Å²) in [5.74, 6) is 0.234. The Balaban J connectivity index is 1.38. The molecule has 2 aromatic heterocycles. The van der Waals surface area contributed by atoms with E-state index in [0.29, 0.717) is 12.5 Å². The fourth-order valence-electron chi connectivity index (χ4n) is 3.55. The van der Waals surface area contributed by atoms with Gasteiger partial charge in [-0.1, -0.05) is 12.5 Å². The minimum Gasteiger partial charge on any atom is -0.340 e. The van der Waals surface area contributed by atoms with Crippen molar-refractivity contribution in [3.8, 4) is 9.88 Å². The molecule has 0 spiro atoms. The van der Waals surface area contributed by atoms with Crippen molar-refractivity contribution in [3.05, 3.63) is 28.6 Å². The van der Waals surface area contributed by atoms with Crippen LogP contribution in [0.2, 0.25) is 0 Å². The molecule has 6 heteroatoms. The molecule has 0 radical (unpaired) electrons. The zero-order valence-corrected chi connectivity index (χ0v) is 14.7. The van der Waals surface area contributed by atoms with Crippen LogP contribution in [0.5, 0.6) is 0 Å². The van der Waals surface area contributed by atoms with Crippen LogP contribution in [0.4, 0.5) is 0 Å². The molecule has 2 aliphatic heterocycles. The Morgan fingerprint density at radius 3 is 3.09 bits per heavy atom. The number of piperazine rings is 1. The Labute approximate surface area is 144 Å². The fraction of sp³-hybridized carbons (Fsp3) is 0.529. The van der Waals surface area contributed by atoms with Crippen molar-refractivity contribution in [3.63, 3.8) is 0 Å². The van der Waals surface area contributed by atoms with Crippen LogP contribution in [-0.4, -0.2) is 52.9 Å². The van der Waals surface area contributed by atoms with Gasteiger partial charge < -0.3 is 4.90 Å². The summed E-state index contributed by atoms with van der Waals surface area (Å²) in [6.45, 7) is 4.02. The van der Waals surface area contributed by atoms with E-state index in [0.717, 1.165) is 30.3 Å². The normalized spacial score (nSPS) is 22.1. The van der Waals surface area contributed by atoms with Gasteiger partial charge in [0.25, 0.3) is 0 Å². The summed E-state index contributed by atoms with van der Waals surface area (Å²) < 4.78 is 0. The van der Waals surface area contributed by atoms with Crippen LogP contribution >= 0.6 is 22.7 Å². The number of hydrogen-bond donors (Lipinski definition) is 0. The van der Waals surface area contributed by atoms with E-state index in [1.165, 1.54) is 30.7 Å². The van der Waals surface area contributed by atoms with Gasteiger partial charge in [-0.05, 0) is 30.8 Å². The van der Waals surface area contributed by atoms with E-state index in [9.17, 15) is 4.79 Å². The van der Waals surface area contributed by atoms with Crippen LogP contribution in [0.3, 0.4) is 0 Å². The second-order valence-corrected chi connectivity index (χ2v) is 8.13. The number of piperidine rings is 1. The molecular formula is C17H21N3OS2. The fourth-order valence-corrected chi connectivity index (χ4v) is 5.18. The summed E-state index contributed by atoms with van der Waals surface area (Å²) in [7, 11) is 0. The van der Waals surface area contributed by atoms with Crippen LogP contribution in [0.1, 0.15) is 25.0 Å². The quantitative estimate of drug-likeness (QED) is 0.856. The maximum absolute atomic E-state index is 12.6. The van der Waals surface area contributed by atoms with Gasteiger partial charge in [-0.2, -0.15) is 0 Å². The number of carbonyl (C=O) groups excluding carboxylic acids is 1. The Kier molecular flexibility index (Phi) is 4.46. The van der Waals surface area contributed by atoms with E-state index < -0.39 is 0 Å². The molecule has 122 valence electrons. The van der Waals surface area contributed by atoms with Crippen molar-refractivity contribution in [2.75, 3.05) is 26.2 Å². The van der Waals surface area contributed by atoms with Gasteiger partial charge in [0.2, 0.25) is 5.91 Å². The molecule has 2 aliphatic rings. The Bertz CT molecular complexity index is 667. The number of rotatable bonds is 3. The molecule has 1 amide bonds. The molecule has 0 bridgehead atoms. The SMILES string of the molecule is O=C(Cc1csc(-c2cccs2)n1)N1CCN2CCCCC2C1. The lowest BCUT2D eigenvalue weighted by atomic mass is 9.99. The molecular weight excluding hydrogens is 326 g/mol. The third-order valence-corrected chi connectivity index (χ3v) is 6.74. The number of nitrogens with zero attached hydrogens (tertiary/aromatic N) is 3. The molecule has 2 saturated heterocycles. The van der Waals surface area contributed by atoms with Crippen molar-refractivity contribution in [2.45, 2.75) is 31.7 Å². The number of thiophene rings is 1. The monoisotopic (exact) mass is 347 g/mol. The molecule has 0 aromatic carbocycles. The number of hydrogen-bond acceptors (Lipinski definition) is 5. The van der Waals surface area contributed by atoms with Crippen LogP contribution < -0.4 is 0 Å². The number of fused-ring (bicyclic) bond motifs is 1. The average molecular weight is 348 g/mol. The Morgan fingerprint density at radius 1 is 1.26 bits per heavy atom. The lowest BCUT2D eigenvalue weighted by Crippen LogP contribution is -2.56. The molecule has 4 heterocycles. The van der Waals surface area contributed by atoms with Crippen molar-refractivity contribution in [2.24, 2.45) is 0 Å². The first-order valence-corrected chi connectivity index (χ1v) is 10.1. The van der Waals surface area contributed by atoms with Crippen molar-refractivity contribution in [1.29, 1.82) is 0 Å². The topological polar surface area (TPSA) is 36.4 Å². The second kappa shape index (κ2) is 6.71. The highest BCUT2D eigenvalue weighted by Gasteiger charge is 2.31. The number of carbonyl (C=O) groups is 1. The van der Waals surface area contributed by atoms with Gasteiger partial charge in [0.1, 0.15) is 5.01 Å². The molecule has 4 nitrogen and oxygen atoms in total. The second-order valence-electron chi connectivity index (χ2n) is 6.32. The number of thiazole rings is 1. The molecule has 0 N–H and O–H groups in total. The summed E-state index contributed by atoms with van der Waals surface area (Å²) in [6.07, 6.45) is 4.30. The first-order chi connectivity index (χ1) is 11.3. The molecule has 2 aromatic rings. The molecule has 1 unspecified atom stereocenters. The lowest BCUT2D eigenvalue weighted by molar-refractivity contribution is -0.134. The summed E-state index contributed by atoms with van der Waals surface area (Å²) >= 11 is 3.33. The lowest BCUT2D eigenvalue weighted by Gasteiger charge is -2.44. The summed E-state index contributed by atoms with van der Waals surface area (Å²) in [4.78, 5) is 23.0. The predicted molar refractivity (Wildman–Crippen MR) is 94.9 cm³/mol. The van der Waals surface area contributed by atoms with Gasteiger partial charge in [-0.3, -0.25) is 9.69 Å². The van der Waals surface area contributed by atoms with E-state index in [1.807, 2.05) is 11.4 Å². The van der Waals surface area contributed by atoms with E-state index in [1.54, 1.807) is 22.7 Å². The molecule has 1 atom stereocenters. The van der Waals surface area contributed by atoms with Gasteiger partial charge in [0.05, 0.1) is 17.0 Å². The van der Waals surface area contributed by atoms with Crippen LogP contribution in [0, 0.1) is 0 Å². The summed E-state index contributed by atoms with van der Waals surface area (Å²) in [5, 5.41) is 5.12. The summed E-state index contributed by atoms with van der Waals surface area (Å²) in [5.41, 5.74) is 0.912. The third-order valence-electron chi connectivity index (χ3n) is 4.81. The molecule has 0 saturated carbocycles. The van der Waals surface area contributed by atoms with Crippen LogP contribution in [0.15, 0.2) is 22.9 Å². The smallest absolute Gasteiger partial charge is 0.228 e. The Morgan fingerprint density at radius 2 is 2.22 bits per heavy atom. The number of aromatic nitrogens is 1. The highest BCUT2D eigenvalue weighted by molar-refractivity contribution is 7.20. The van der Waals surface area contributed by atoms with Crippen LogP contribution in [-0.2, 0) is 11.2 Å². The van der Waals surface area contributed by atoms with Gasteiger partial charge in [0.15, 0.2) is 0 Å². The van der Waals surface area contributed by atoms with E-state index in [2.05, 4.69) is 26.2 Å². The highest BCUT2D eigenvalue weighted by Crippen LogP contribution is 2.28. The standard InChI is InChI=1S/C17H21N3OS2/c21-16(20-8-7-19-6-2-1-4-14(19)11-20)10-13-12-23-17(18-13)15-5-3-9-22-15/h3,5,9,12,14H,1-2,4,6-8,10-11H2. The largest absolute Gasteiger partial charge is 0.340 e. The van der Waals surface area contributed by atoms with E-state index in [-0.39, 0.29) is 5.91 Å². The summed E-state index contributed by atoms with van der Waals surface area (Å²) in [6, 6.07) is 4.70. The number of amides is 1. The van der Waals surface area contributed by atoms with Crippen molar-refractivity contribution < 1.29 is 4.79 Å². The predicted octanol–water partition coefficient (Wildman–Crippen LogP) is 3.11. The van der Waals surface area contributed by atoms with Gasteiger partial charge in [-0.15, -0.1) is 22.7 Å². The van der Waals surface area contributed by atoms with Crippen molar-refractivity contribution >= 4 is 28.6 Å². The maximum Gasteiger partial charge on any atom is 0.228 e. The molecule has 0 aliphatic carbocycles. The van der Waals surface area contributed by atoms with E-state index >= 15 is 0 Å². The third kappa shape index (κ3) is 3.34. The zero-order valence-electron chi connectivity index (χ0n) is 13.1. The van der Waals surface area contributed by atoms with Gasteiger partial charge in [0, 0.05) is 31.1 Å². The van der Waals surface area contributed by atoms with Gasteiger partial charge in [-0.25, -0.2) is 4.98 Å². The van der Waals surface area contributed by atoms with E-state index in [4.69, 9.17) is 0 Å². The molecule has 4 rings (SSSR count). The first kappa shape index (κ1) is 15.3. The highest BCUT2D eigenvalue weighted by atomic mass is 32.1. The minimum atomic E-state index is 0.234. The Hall–Kier alpha value is -1.24. The van der Waals surface area contributed by atoms with Gasteiger partial charge >= 0.3 is 0 Å².